The number of anilines is 1. The minimum atomic E-state index is -1.55. The van der Waals surface area contributed by atoms with E-state index in [0.29, 0.717) is 23.4 Å². The first kappa shape index (κ1) is 23.9. The molecule has 6 rings (SSSR count). The van der Waals surface area contributed by atoms with Crippen molar-refractivity contribution >= 4 is 29.3 Å². The molecule has 3 fully saturated rings. The number of ether oxygens (including phenoxy) is 2. The topological polar surface area (TPSA) is 98.1 Å². The van der Waals surface area contributed by atoms with Crippen molar-refractivity contribution in [3.05, 3.63) is 52.8 Å². The number of amides is 2. The molecule has 9 heteroatoms. The van der Waals surface area contributed by atoms with E-state index in [0.717, 1.165) is 43.7 Å². The maximum absolute atomic E-state index is 13.8. The van der Waals surface area contributed by atoms with Crippen molar-refractivity contribution in [2.24, 2.45) is 0 Å². The van der Waals surface area contributed by atoms with Gasteiger partial charge in [-0.25, -0.2) is 4.79 Å². The van der Waals surface area contributed by atoms with Crippen LogP contribution >= 0.6 is 0 Å². The zero-order chi connectivity index (χ0) is 25.9. The van der Waals surface area contributed by atoms with Crippen molar-refractivity contribution in [2.75, 3.05) is 18.1 Å². The molecule has 2 saturated heterocycles. The number of aromatic nitrogens is 1. The number of nitrogens with zero attached hydrogens (tertiary/aromatic N) is 3. The maximum atomic E-state index is 13.8. The summed E-state index contributed by atoms with van der Waals surface area (Å²) in [6.45, 7) is 4.82. The van der Waals surface area contributed by atoms with Crippen molar-refractivity contribution in [1.29, 1.82) is 0 Å². The van der Waals surface area contributed by atoms with E-state index < -0.39 is 18.2 Å². The largest absolute Gasteiger partial charge is 0.454 e. The van der Waals surface area contributed by atoms with Gasteiger partial charge in [0.2, 0.25) is 17.4 Å². The van der Waals surface area contributed by atoms with Gasteiger partial charge < -0.3 is 18.9 Å². The molecule has 1 aromatic carbocycles. The van der Waals surface area contributed by atoms with E-state index in [1.807, 2.05) is 19.9 Å². The lowest BCUT2D eigenvalue weighted by Crippen LogP contribution is -2.69. The Morgan fingerprint density at radius 3 is 2.65 bits per heavy atom. The summed E-state index contributed by atoms with van der Waals surface area (Å²) in [7, 11) is 0. The monoisotopic (exact) mass is 505 g/mol. The molecule has 37 heavy (non-hydrogen) atoms. The van der Waals surface area contributed by atoms with E-state index in [4.69, 9.17) is 9.47 Å². The lowest BCUT2D eigenvalue weighted by molar-refractivity contribution is -0.156. The fourth-order valence-electron chi connectivity index (χ4n) is 6.19. The van der Waals surface area contributed by atoms with Crippen LogP contribution in [0.1, 0.15) is 70.6 Å². The van der Waals surface area contributed by atoms with E-state index in [-0.39, 0.29) is 42.6 Å². The zero-order valence-corrected chi connectivity index (χ0v) is 21.2. The average molecular weight is 506 g/mol. The molecule has 1 aliphatic carbocycles. The Balaban J connectivity index is 1.26. The van der Waals surface area contributed by atoms with Crippen LogP contribution < -0.4 is 4.90 Å². The van der Waals surface area contributed by atoms with Crippen LogP contribution in [0.2, 0.25) is 0 Å². The number of Topliss-reactive ketones (excluding diaryl/α,β-unsaturated/α-hetero) is 1. The van der Waals surface area contributed by atoms with Crippen LogP contribution in [0, 0.1) is 13.8 Å². The Morgan fingerprint density at radius 1 is 1.14 bits per heavy atom. The molecular weight excluding hydrogens is 474 g/mol. The molecule has 194 valence electrons. The fourth-order valence-corrected chi connectivity index (χ4v) is 6.19. The van der Waals surface area contributed by atoms with Gasteiger partial charge in [-0.05, 0) is 57.7 Å². The standard InChI is InChI=1S/C28H31N3O6/c1-17-14-22(18(2)29(17)15-20-6-5-13-36-20)24(32)16-37-27(35)28-12-11-25(33)31(28)23-8-4-3-7-21(23)26(34)30(28)19-9-10-19/h3-4,7-8,14,19-20H,5-6,9-13,15-16H2,1-2H3/t20-,28-/m0/s1. The number of ketones is 1. The van der Waals surface area contributed by atoms with Crippen LogP contribution in [0.4, 0.5) is 5.69 Å². The molecule has 0 bridgehead atoms. The van der Waals surface area contributed by atoms with Crippen molar-refractivity contribution in [3.63, 3.8) is 0 Å². The molecule has 3 aliphatic heterocycles. The number of carbonyl (C=O) groups is 4. The van der Waals surface area contributed by atoms with Crippen LogP contribution in [0.5, 0.6) is 0 Å². The quantitative estimate of drug-likeness (QED) is 0.424. The van der Waals surface area contributed by atoms with Crippen LogP contribution in [0.25, 0.3) is 0 Å². The second-order valence-electron chi connectivity index (χ2n) is 10.5. The predicted molar refractivity (Wildman–Crippen MR) is 133 cm³/mol. The first-order chi connectivity index (χ1) is 17.8. The highest BCUT2D eigenvalue weighted by Crippen LogP contribution is 2.49. The zero-order valence-electron chi connectivity index (χ0n) is 21.2. The summed E-state index contributed by atoms with van der Waals surface area (Å²) >= 11 is 0. The summed E-state index contributed by atoms with van der Waals surface area (Å²) in [5.41, 5.74) is 1.54. The van der Waals surface area contributed by atoms with Crippen molar-refractivity contribution in [2.45, 2.75) is 76.7 Å². The van der Waals surface area contributed by atoms with Gasteiger partial charge in [0.15, 0.2) is 6.61 Å². The van der Waals surface area contributed by atoms with Crippen molar-refractivity contribution < 1.29 is 28.7 Å². The lowest BCUT2D eigenvalue weighted by Gasteiger charge is -2.48. The van der Waals surface area contributed by atoms with Crippen LogP contribution in [-0.4, -0.2) is 64.1 Å². The molecule has 0 spiro atoms. The number of carbonyl (C=O) groups excluding carboxylic acids is 4. The molecule has 4 heterocycles. The second kappa shape index (κ2) is 8.83. The molecule has 4 aliphatic rings. The molecule has 0 unspecified atom stereocenters. The van der Waals surface area contributed by atoms with E-state index in [2.05, 4.69) is 4.57 Å². The SMILES string of the molecule is Cc1cc(C(=O)COC(=O)[C@]23CCC(=O)N2c2ccccc2C(=O)N3C2CC2)c(C)n1C[C@@H]1CCCO1. The van der Waals surface area contributed by atoms with E-state index in [1.165, 1.54) is 4.90 Å². The van der Waals surface area contributed by atoms with Crippen LogP contribution in [0.3, 0.4) is 0 Å². The minimum absolute atomic E-state index is 0.123. The number of esters is 1. The van der Waals surface area contributed by atoms with Gasteiger partial charge in [0.25, 0.3) is 5.91 Å². The highest BCUT2D eigenvalue weighted by molar-refractivity contribution is 6.16. The number of fused-ring (bicyclic) bond motifs is 3. The van der Waals surface area contributed by atoms with Gasteiger partial charge in [-0.1, -0.05) is 12.1 Å². The van der Waals surface area contributed by atoms with Crippen molar-refractivity contribution in [1.82, 2.24) is 9.47 Å². The van der Waals surface area contributed by atoms with Gasteiger partial charge in [-0.2, -0.15) is 0 Å². The third-order valence-corrected chi connectivity index (χ3v) is 8.16. The second-order valence-corrected chi connectivity index (χ2v) is 10.5. The van der Waals surface area contributed by atoms with Gasteiger partial charge in [-0.15, -0.1) is 0 Å². The highest BCUT2D eigenvalue weighted by Gasteiger charge is 2.64. The molecule has 9 nitrogen and oxygen atoms in total. The highest BCUT2D eigenvalue weighted by atomic mass is 16.5. The van der Waals surface area contributed by atoms with Gasteiger partial charge in [-0.3, -0.25) is 19.3 Å². The molecule has 1 saturated carbocycles. The first-order valence-electron chi connectivity index (χ1n) is 13.1. The smallest absolute Gasteiger partial charge is 0.354 e. The third kappa shape index (κ3) is 3.70. The Labute approximate surface area is 215 Å². The summed E-state index contributed by atoms with van der Waals surface area (Å²) in [4.78, 5) is 56.6. The maximum Gasteiger partial charge on any atom is 0.354 e. The molecule has 2 aromatic rings. The molecule has 2 atom stereocenters. The molecule has 2 amide bonds. The average Bonchev–Trinajstić information content (AvgIpc) is 3.34. The summed E-state index contributed by atoms with van der Waals surface area (Å²) < 4.78 is 13.5. The molecular formula is C28H31N3O6. The van der Waals surface area contributed by atoms with Gasteiger partial charge in [0.1, 0.15) is 0 Å². The number of aryl methyl sites for hydroxylation is 1. The number of para-hydroxylation sites is 1. The Hall–Kier alpha value is -3.46. The summed E-state index contributed by atoms with van der Waals surface area (Å²) in [5.74, 6) is -1.54. The molecule has 0 N–H and O–H groups in total. The number of rotatable bonds is 7. The number of benzene rings is 1. The Kier molecular flexibility index (Phi) is 5.71. The first-order valence-corrected chi connectivity index (χ1v) is 13.1. The number of hydrogen-bond donors (Lipinski definition) is 0. The lowest BCUT2D eigenvalue weighted by atomic mass is 9.96. The predicted octanol–water partition coefficient (Wildman–Crippen LogP) is 3.15. The molecule has 0 radical (unpaired) electrons. The molecule has 1 aromatic heterocycles. The summed E-state index contributed by atoms with van der Waals surface area (Å²) in [6.07, 6.45) is 3.97. The van der Waals surface area contributed by atoms with Gasteiger partial charge in [0, 0.05) is 49.0 Å². The van der Waals surface area contributed by atoms with Gasteiger partial charge in [0.05, 0.1) is 17.4 Å². The normalized spacial score (nSPS) is 24.9. The van der Waals surface area contributed by atoms with Gasteiger partial charge >= 0.3 is 5.97 Å². The van der Waals surface area contributed by atoms with Crippen LogP contribution in [0.15, 0.2) is 30.3 Å². The van der Waals surface area contributed by atoms with Crippen molar-refractivity contribution in [3.8, 4) is 0 Å². The minimum Gasteiger partial charge on any atom is -0.454 e. The fraction of sp³-hybridized carbons (Fsp3) is 0.500. The van der Waals surface area contributed by atoms with E-state index in [9.17, 15) is 19.2 Å². The summed E-state index contributed by atoms with van der Waals surface area (Å²) in [5, 5.41) is 0. The third-order valence-electron chi connectivity index (χ3n) is 8.16. The summed E-state index contributed by atoms with van der Waals surface area (Å²) in [6, 6.07) is 8.56. The van der Waals surface area contributed by atoms with Crippen LogP contribution in [-0.2, 0) is 25.6 Å². The number of hydrogen-bond acceptors (Lipinski definition) is 6. The Morgan fingerprint density at radius 2 is 1.92 bits per heavy atom. The van der Waals surface area contributed by atoms with E-state index in [1.54, 1.807) is 29.2 Å². The van der Waals surface area contributed by atoms with E-state index >= 15 is 0 Å². The Bertz CT molecular complexity index is 1300.